The Kier molecular flexibility index (Phi) is 10.7. The van der Waals surface area contributed by atoms with Gasteiger partial charge in [-0.1, -0.05) is 0 Å². The van der Waals surface area contributed by atoms with E-state index in [1.165, 1.54) is 23.6 Å². The lowest BCUT2D eigenvalue weighted by Gasteiger charge is -2.28. The van der Waals surface area contributed by atoms with E-state index in [2.05, 4.69) is 10.6 Å². The lowest BCUT2D eigenvalue weighted by molar-refractivity contribution is -0.149. The first kappa shape index (κ1) is 26.7. The third-order valence-electron chi connectivity index (χ3n) is 4.91. The monoisotopic (exact) mass is 461 g/mol. The topological polar surface area (TPSA) is 205 Å². The molecule has 0 aromatic rings. The summed E-state index contributed by atoms with van der Waals surface area (Å²) >= 11 is 1.43. The SMILES string of the molecule is CSCCC(NC(=O)C(CC(N)=O)NC(=O)C(N)C(C)O)C(=O)N1CCCC1C(=O)O. The van der Waals surface area contributed by atoms with Gasteiger partial charge >= 0.3 is 5.97 Å². The van der Waals surface area contributed by atoms with E-state index in [1.807, 2.05) is 6.26 Å². The molecule has 1 heterocycles. The van der Waals surface area contributed by atoms with E-state index in [1.54, 1.807) is 0 Å². The van der Waals surface area contributed by atoms with Crippen LogP contribution in [0.15, 0.2) is 0 Å². The second-order valence-corrected chi connectivity index (χ2v) is 8.35. The average molecular weight is 462 g/mol. The number of nitrogens with one attached hydrogen (secondary N) is 2. The zero-order chi connectivity index (χ0) is 23.7. The maximum Gasteiger partial charge on any atom is 0.326 e. The van der Waals surface area contributed by atoms with Gasteiger partial charge in [0.05, 0.1) is 12.5 Å². The number of hydrogen-bond acceptors (Lipinski definition) is 8. The Morgan fingerprint density at radius 1 is 1.16 bits per heavy atom. The van der Waals surface area contributed by atoms with E-state index in [0.717, 1.165) is 0 Å². The number of aliphatic carboxylic acids is 1. The Balaban J connectivity index is 2.99. The molecule has 8 N–H and O–H groups in total. The molecule has 0 bridgehead atoms. The summed E-state index contributed by atoms with van der Waals surface area (Å²) in [5, 5.41) is 23.6. The van der Waals surface area contributed by atoms with Gasteiger partial charge in [-0.05, 0) is 38.2 Å². The Hall–Kier alpha value is -2.38. The summed E-state index contributed by atoms with van der Waals surface area (Å²) in [5.41, 5.74) is 10.7. The summed E-state index contributed by atoms with van der Waals surface area (Å²) in [6.07, 6.45) is 1.14. The maximum atomic E-state index is 13.0. The van der Waals surface area contributed by atoms with Crippen LogP contribution >= 0.6 is 11.8 Å². The van der Waals surface area contributed by atoms with Gasteiger partial charge in [0.25, 0.3) is 0 Å². The average Bonchev–Trinajstić information content (AvgIpc) is 3.18. The minimum absolute atomic E-state index is 0.221. The molecular formula is C18H31N5O7S. The third-order valence-corrected chi connectivity index (χ3v) is 5.55. The number of aliphatic hydroxyl groups excluding tert-OH is 1. The molecule has 5 unspecified atom stereocenters. The van der Waals surface area contributed by atoms with Gasteiger partial charge in [-0.15, -0.1) is 0 Å². The second kappa shape index (κ2) is 12.5. The summed E-state index contributed by atoms with van der Waals surface area (Å²) in [6, 6.07) is -4.75. The first-order valence-electron chi connectivity index (χ1n) is 9.84. The highest BCUT2D eigenvalue weighted by Crippen LogP contribution is 2.19. The van der Waals surface area contributed by atoms with Crippen LogP contribution < -0.4 is 22.1 Å². The number of carbonyl (C=O) groups excluding carboxylic acids is 4. The van der Waals surface area contributed by atoms with E-state index < -0.39 is 66.3 Å². The molecular weight excluding hydrogens is 430 g/mol. The number of carboxylic acids is 1. The van der Waals surface area contributed by atoms with Gasteiger partial charge in [0, 0.05) is 6.54 Å². The predicted octanol–water partition coefficient (Wildman–Crippen LogP) is -2.63. The highest BCUT2D eigenvalue weighted by molar-refractivity contribution is 7.98. The number of carbonyl (C=O) groups is 5. The Labute approximate surface area is 184 Å². The molecule has 0 aromatic carbocycles. The molecule has 1 aliphatic heterocycles. The number of amides is 4. The minimum Gasteiger partial charge on any atom is -0.480 e. The van der Waals surface area contributed by atoms with Gasteiger partial charge in [0.2, 0.25) is 23.6 Å². The van der Waals surface area contributed by atoms with E-state index in [-0.39, 0.29) is 13.0 Å². The van der Waals surface area contributed by atoms with Crippen molar-refractivity contribution in [3.63, 3.8) is 0 Å². The number of nitrogens with two attached hydrogens (primary N) is 2. The number of hydrogen-bond donors (Lipinski definition) is 6. The fraction of sp³-hybridized carbons (Fsp3) is 0.722. The number of primary amides is 1. The molecule has 1 aliphatic rings. The lowest BCUT2D eigenvalue weighted by atomic mass is 10.1. The molecule has 13 heteroatoms. The number of nitrogens with zero attached hydrogens (tertiary/aromatic N) is 1. The van der Waals surface area contributed by atoms with Gasteiger partial charge in [-0.3, -0.25) is 19.2 Å². The molecule has 31 heavy (non-hydrogen) atoms. The number of thioether (sulfide) groups is 1. The van der Waals surface area contributed by atoms with Crippen molar-refractivity contribution in [1.82, 2.24) is 15.5 Å². The van der Waals surface area contributed by atoms with Crippen molar-refractivity contribution in [2.24, 2.45) is 11.5 Å². The smallest absolute Gasteiger partial charge is 0.326 e. The van der Waals surface area contributed by atoms with Gasteiger partial charge in [-0.25, -0.2) is 4.79 Å². The summed E-state index contributed by atoms with van der Waals surface area (Å²) < 4.78 is 0. The van der Waals surface area contributed by atoms with Gasteiger partial charge < -0.3 is 37.2 Å². The van der Waals surface area contributed by atoms with Crippen molar-refractivity contribution in [3.05, 3.63) is 0 Å². The standard InChI is InChI=1S/C18H31N5O7S/c1-9(24)14(20)16(27)22-11(8-13(19)25)15(26)21-10(5-7-31-2)17(28)23-6-3-4-12(23)18(29)30/h9-12,14,24H,3-8,20H2,1-2H3,(H2,19,25)(H,21,26)(H,22,27)(H,29,30). The maximum absolute atomic E-state index is 13.0. The van der Waals surface area contributed by atoms with Crippen LogP contribution in [0.5, 0.6) is 0 Å². The highest BCUT2D eigenvalue weighted by atomic mass is 32.2. The number of likely N-dealkylation sites (tertiary alicyclic amines) is 1. The van der Waals surface area contributed by atoms with Crippen LogP contribution in [0.1, 0.15) is 32.6 Å². The van der Waals surface area contributed by atoms with E-state index in [9.17, 15) is 34.2 Å². The van der Waals surface area contributed by atoms with Crippen molar-refractivity contribution >= 4 is 41.4 Å². The van der Waals surface area contributed by atoms with Gasteiger partial charge in [0.1, 0.15) is 24.2 Å². The zero-order valence-electron chi connectivity index (χ0n) is 17.6. The molecule has 1 rings (SSSR count). The quantitative estimate of drug-likeness (QED) is 0.179. The predicted molar refractivity (Wildman–Crippen MR) is 113 cm³/mol. The first-order chi connectivity index (χ1) is 14.5. The Bertz CT molecular complexity index is 690. The van der Waals surface area contributed by atoms with Crippen LogP contribution in [-0.4, -0.2) is 93.5 Å². The number of aliphatic hydroxyl groups is 1. The summed E-state index contributed by atoms with van der Waals surface area (Å²) in [4.78, 5) is 61.9. The third kappa shape index (κ3) is 7.99. The van der Waals surface area contributed by atoms with E-state index in [4.69, 9.17) is 11.5 Å². The second-order valence-electron chi connectivity index (χ2n) is 7.37. The molecule has 0 aromatic heterocycles. The van der Waals surface area contributed by atoms with Crippen LogP contribution in [-0.2, 0) is 24.0 Å². The molecule has 0 spiro atoms. The largest absolute Gasteiger partial charge is 0.480 e. The normalized spacial score (nSPS) is 19.7. The molecule has 4 amide bonds. The molecule has 5 atom stereocenters. The van der Waals surface area contributed by atoms with Crippen LogP contribution in [0, 0.1) is 0 Å². The van der Waals surface area contributed by atoms with Crippen molar-refractivity contribution in [3.8, 4) is 0 Å². The Morgan fingerprint density at radius 3 is 2.29 bits per heavy atom. The number of carboxylic acid groups (broad SMARTS) is 1. The highest BCUT2D eigenvalue weighted by Gasteiger charge is 2.38. The molecule has 1 fully saturated rings. The van der Waals surface area contributed by atoms with Crippen molar-refractivity contribution in [2.45, 2.75) is 62.9 Å². The van der Waals surface area contributed by atoms with Crippen LogP contribution in [0.3, 0.4) is 0 Å². The fourth-order valence-corrected chi connectivity index (χ4v) is 3.62. The summed E-state index contributed by atoms with van der Waals surface area (Å²) in [7, 11) is 0. The molecule has 12 nitrogen and oxygen atoms in total. The van der Waals surface area contributed by atoms with Crippen molar-refractivity contribution in [1.29, 1.82) is 0 Å². The molecule has 1 saturated heterocycles. The van der Waals surface area contributed by atoms with Gasteiger partial charge in [0.15, 0.2) is 0 Å². The van der Waals surface area contributed by atoms with Crippen LogP contribution in [0.2, 0.25) is 0 Å². The molecule has 176 valence electrons. The molecule has 0 aliphatic carbocycles. The van der Waals surface area contributed by atoms with Crippen LogP contribution in [0.25, 0.3) is 0 Å². The van der Waals surface area contributed by atoms with Crippen LogP contribution in [0.4, 0.5) is 0 Å². The number of rotatable bonds is 12. The van der Waals surface area contributed by atoms with Crippen molar-refractivity contribution in [2.75, 3.05) is 18.6 Å². The summed E-state index contributed by atoms with van der Waals surface area (Å²) in [5.74, 6) is -3.74. The minimum atomic E-state index is -1.41. The molecule has 0 saturated carbocycles. The summed E-state index contributed by atoms with van der Waals surface area (Å²) in [6.45, 7) is 1.55. The fourth-order valence-electron chi connectivity index (χ4n) is 3.15. The lowest BCUT2D eigenvalue weighted by Crippen LogP contribution is -2.58. The Morgan fingerprint density at radius 2 is 1.77 bits per heavy atom. The van der Waals surface area contributed by atoms with E-state index >= 15 is 0 Å². The van der Waals surface area contributed by atoms with E-state index in [0.29, 0.717) is 18.6 Å². The van der Waals surface area contributed by atoms with Gasteiger partial charge in [-0.2, -0.15) is 11.8 Å². The zero-order valence-corrected chi connectivity index (χ0v) is 18.4. The molecule has 0 radical (unpaired) electrons. The van der Waals surface area contributed by atoms with Crippen molar-refractivity contribution < 1.29 is 34.2 Å². The first-order valence-corrected chi connectivity index (χ1v) is 11.2.